The first-order chi connectivity index (χ1) is 11.5. The standard InChI is InChI=1S/C17H18BrNO5/c1-21-13-9-11(18)5-6-12(13)19-17(20)10-7-14(22-2)16(24-4)15(8-10)23-3/h5-9H,1-4H3,(H,19,20). The van der Waals surface area contributed by atoms with Crippen molar-refractivity contribution in [2.24, 2.45) is 0 Å². The van der Waals surface area contributed by atoms with Crippen molar-refractivity contribution >= 4 is 27.5 Å². The zero-order valence-corrected chi connectivity index (χ0v) is 15.4. The molecule has 0 aromatic heterocycles. The second-order valence-electron chi connectivity index (χ2n) is 4.71. The monoisotopic (exact) mass is 395 g/mol. The maximum absolute atomic E-state index is 12.6. The van der Waals surface area contributed by atoms with Gasteiger partial charge in [0, 0.05) is 10.0 Å². The number of hydrogen-bond donors (Lipinski definition) is 1. The maximum atomic E-state index is 12.6. The summed E-state index contributed by atoms with van der Waals surface area (Å²) in [6.07, 6.45) is 0. The van der Waals surface area contributed by atoms with E-state index in [0.29, 0.717) is 34.2 Å². The van der Waals surface area contributed by atoms with E-state index in [0.717, 1.165) is 4.47 Å². The van der Waals surface area contributed by atoms with Crippen LogP contribution in [-0.4, -0.2) is 34.3 Å². The molecule has 0 spiro atoms. The molecule has 1 amide bonds. The van der Waals surface area contributed by atoms with Crippen LogP contribution in [0.2, 0.25) is 0 Å². The summed E-state index contributed by atoms with van der Waals surface area (Å²) in [4.78, 5) is 12.6. The first kappa shape index (κ1) is 17.9. The van der Waals surface area contributed by atoms with Gasteiger partial charge < -0.3 is 24.3 Å². The molecule has 0 heterocycles. The van der Waals surface area contributed by atoms with Crippen molar-refractivity contribution in [2.75, 3.05) is 33.8 Å². The van der Waals surface area contributed by atoms with Gasteiger partial charge in [-0.25, -0.2) is 0 Å². The molecule has 0 unspecified atom stereocenters. The molecule has 0 saturated heterocycles. The molecule has 1 N–H and O–H groups in total. The zero-order chi connectivity index (χ0) is 17.7. The number of ether oxygens (including phenoxy) is 4. The van der Waals surface area contributed by atoms with Crippen LogP contribution < -0.4 is 24.3 Å². The van der Waals surface area contributed by atoms with Crippen LogP contribution >= 0.6 is 15.9 Å². The molecule has 7 heteroatoms. The SMILES string of the molecule is COc1cc(Br)ccc1NC(=O)c1cc(OC)c(OC)c(OC)c1. The molecule has 0 fully saturated rings. The van der Waals surface area contributed by atoms with Gasteiger partial charge >= 0.3 is 0 Å². The zero-order valence-electron chi connectivity index (χ0n) is 13.8. The molecule has 128 valence electrons. The fourth-order valence-corrected chi connectivity index (χ4v) is 2.52. The topological polar surface area (TPSA) is 66.0 Å². The average Bonchev–Trinajstić information content (AvgIpc) is 2.61. The van der Waals surface area contributed by atoms with E-state index in [9.17, 15) is 4.79 Å². The van der Waals surface area contributed by atoms with Crippen molar-refractivity contribution < 1.29 is 23.7 Å². The van der Waals surface area contributed by atoms with Gasteiger partial charge in [0.25, 0.3) is 5.91 Å². The van der Waals surface area contributed by atoms with Crippen molar-refractivity contribution in [3.8, 4) is 23.0 Å². The summed E-state index contributed by atoms with van der Waals surface area (Å²) in [5.74, 6) is 1.47. The van der Waals surface area contributed by atoms with Crippen LogP contribution in [0.5, 0.6) is 23.0 Å². The number of methoxy groups -OCH3 is 4. The number of hydrogen-bond acceptors (Lipinski definition) is 5. The van der Waals surface area contributed by atoms with E-state index in [1.807, 2.05) is 6.07 Å². The summed E-state index contributed by atoms with van der Waals surface area (Å²) in [7, 11) is 6.04. The van der Waals surface area contributed by atoms with E-state index in [4.69, 9.17) is 18.9 Å². The molecule has 2 aromatic carbocycles. The van der Waals surface area contributed by atoms with Crippen LogP contribution in [0.1, 0.15) is 10.4 Å². The number of amides is 1. The smallest absolute Gasteiger partial charge is 0.256 e. The van der Waals surface area contributed by atoms with Crippen LogP contribution in [0.15, 0.2) is 34.8 Å². The maximum Gasteiger partial charge on any atom is 0.256 e. The Morgan fingerprint density at radius 1 is 0.875 bits per heavy atom. The Labute approximate surface area is 148 Å². The minimum absolute atomic E-state index is 0.324. The molecule has 2 aromatic rings. The highest BCUT2D eigenvalue weighted by molar-refractivity contribution is 9.10. The average molecular weight is 396 g/mol. The summed E-state index contributed by atoms with van der Waals surface area (Å²) in [6.45, 7) is 0. The van der Waals surface area contributed by atoms with E-state index in [1.165, 1.54) is 28.4 Å². The lowest BCUT2D eigenvalue weighted by Crippen LogP contribution is -2.13. The van der Waals surface area contributed by atoms with Crippen molar-refractivity contribution in [1.82, 2.24) is 0 Å². The lowest BCUT2D eigenvalue weighted by molar-refractivity contribution is 0.102. The van der Waals surface area contributed by atoms with Gasteiger partial charge in [-0.1, -0.05) is 15.9 Å². The van der Waals surface area contributed by atoms with Crippen LogP contribution in [-0.2, 0) is 0 Å². The number of nitrogens with one attached hydrogen (secondary N) is 1. The van der Waals surface area contributed by atoms with Crippen LogP contribution in [0.4, 0.5) is 5.69 Å². The molecule has 0 radical (unpaired) electrons. The Bertz CT molecular complexity index is 723. The van der Waals surface area contributed by atoms with Crippen molar-refractivity contribution in [3.05, 3.63) is 40.4 Å². The molecule has 0 bridgehead atoms. The predicted octanol–water partition coefficient (Wildman–Crippen LogP) is 3.74. The van der Waals surface area contributed by atoms with Crippen LogP contribution in [0.25, 0.3) is 0 Å². The minimum atomic E-state index is -0.324. The highest BCUT2D eigenvalue weighted by atomic mass is 79.9. The Morgan fingerprint density at radius 2 is 1.46 bits per heavy atom. The molecule has 0 aliphatic heterocycles. The molecule has 2 rings (SSSR count). The van der Waals surface area contributed by atoms with E-state index in [-0.39, 0.29) is 5.91 Å². The molecule has 6 nitrogen and oxygen atoms in total. The predicted molar refractivity (Wildman–Crippen MR) is 94.7 cm³/mol. The Balaban J connectivity index is 2.36. The highest BCUT2D eigenvalue weighted by Gasteiger charge is 2.18. The van der Waals surface area contributed by atoms with Gasteiger partial charge in [-0.2, -0.15) is 0 Å². The minimum Gasteiger partial charge on any atom is -0.495 e. The largest absolute Gasteiger partial charge is 0.495 e. The molecule has 24 heavy (non-hydrogen) atoms. The third-order valence-corrected chi connectivity index (χ3v) is 3.83. The first-order valence-corrected chi connectivity index (χ1v) is 7.78. The second-order valence-corrected chi connectivity index (χ2v) is 5.63. The lowest BCUT2D eigenvalue weighted by Gasteiger charge is -2.15. The van der Waals surface area contributed by atoms with Crippen molar-refractivity contribution in [1.29, 1.82) is 0 Å². The lowest BCUT2D eigenvalue weighted by atomic mass is 10.1. The van der Waals surface area contributed by atoms with Gasteiger partial charge in [0.2, 0.25) is 5.75 Å². The fraction of sp³-hybridized carbons (Fsp3) is 0.235. The van der Waals surface area contributed by atoms with Gasteiger partial charge in [0.1, 0.15) is 5.75 Å². The Hall–Kier alpha value is -2.41. The summed E-state index contributed by atoms with van der Waals surface area (Å²) in [5, 5.41) is 2.81. The number of rotatable bonds is 6. The Morgan fingerprint density at radius 3 is 1.96 bits per heavy atom. The van der Waals surface area contributed by atoms with Gasteiger partial charge in [-0.05, 0) is 30.3 Å². The van der Waals surface area contributed by atoms with Gasteiger partial charge in [-0.15, -0.1) is 0 Å². The Kier molecular flexibility index (Phi) is 5.92. The first-order valence-electron chi connectivity index (χ1n) is 6.99. The molecule has 0 atom stereocenters. The van der Waals surface area contributed by atoms with Gasteiger partial charge in [-0.3, -0.25) is 4.79 Å². The number of carbonyl (C=O) groups excluding carboxylic acids is 1. The van der Waals surface area contributed by atoms with Crippen LogP contribution in [0.3, 0.4) is 0 Å². The molecular weight excluding hydrogens is 378 g/mol. The third kappa shape index (κ3) is 3.73. The second kappa shape index (κ2) is 7.92. The van der Waals surface area contributed by atoms with Gasteiger partial charge in [0.15, 0.2) is 11.5 Å². The number of benzene rings is 2. The summed E-state index contributed by atoms with van der Waals surface area (Å²) >= 11 is 3.36. The molecule has 0 saturated carbocycles. The highest BCUT2D eigenvalue weighted by Crippen LogP contribution is 2.38. The number of halogens is 1. The number of carbonyl (C=O) groups is 1. The van der Waals surface area contributed by atoms with Gasteiger partial charge in [0.05, 0.1) is 34.1 Å². The normalized spacial score (nSPS) is 10.0. The molecule has 0 aliphatic rings. The fourth-order valence-electron chi connectivity index (χ4n) is 2.17. The molecule has 0 aliphatic carbocycles. The summed E-state index contributed by atoms with van der Waals surface area (Å²) in [5.41, 5.74) is 0.925. The van der Waals surface area contributed by atoms with E-state index in [1.54, 1.807) is 24.3 Å². The summed E-state index contributed by atoms with van der Waals surface area (Å²) < 4.78 is 21.9. The van der Waals surface area contributed by atoms with Crippen LogP contribution in [0, 0.1) is 0 Å². The quantitative estimate of drug-likeness (QED) is 0.806. The van der Waals surface area contributed by atoms with E-state index >= 15 is 0 Å². The molecular formula is C17H18BrNO5. The van der Waals surface area contributed by atoms with E-state index in [2.05, 4.69) is 21.2 Å². The van der Waals surface area contributed by atoms with Crippen molar-refractivity contribution in [2.45, 2.75) is 0 Å². The van der Waals surface area contributed by atoms with Crippen molar-refractivity contribution in [3.63, 3.8) is 0 Å². The number of anilines is 1. The summed E-state index contributed by atoms with van der Waals surface area (Å²) in [6, 6.07) is 8.50. The van der Waals surface area contributed by atoms with E-state index < -0.39 is 0 Å². The third-order valence-electron chi connectivity index (χ3n) is 3.34.